The molecule has 1 aromatic heterocycles. The van der Waals surface area contributed by atoms with Crippen molar-refractivity contribution in [3.63, 3.8) is 0 Å². The van der Waals surface area contributed by atoms with Crippen LogP contribution in [0.2, 0.25) is 18.1 Å². The molecule has 0 saturated heterocycles. The number of fused-ring (bicyclic) bond motifs is 1. The number of benzene rings is 1. The highest BCUT2D eigenvalue weighted by molar-refractivity contribution is 6.74. The van der Waals surface area contributed by atoms with Gasteiger partial charge in [-0.2, -0.15) is 13.2 Å². The molecule has 0 radical (unpaired) electrons. The van der Waals surface area contributed by atoms with E-state index in [9.17, 15) is 18.3 Å². The molecule has 2 aromatic rings. The van der Waals surface area contributed by atoms with Crippen molar-refractivity contribution in [2.75, 3.05) is 13.2 Å². The lowest BCUT2D eigenvalue weighted by atomic mass is 9.71. The maximum Gasteiger partial charge on any atom is 0.416 e. The number of halogens is 4. The number of pyridine rings is 1. The first-order valence-corrected chi connectivity index (χ1v) is 17.7. The van der Waals surface area contributed by atoms with Gasteiger partial charge in [-0.15, -0.1) is 0 Å². The van der Waals surface area contributed by atoms with Gasteiger partial charge in [0, 0.05) is 28.1 Å². The number of hydrogen-bond donors (Lipinski definition) is 1. The molecule has 9 heteroatoms. The van der Waals surface area contributed by atoms with E-state index in [1.807, 2.05) is 19.9 Å². The summed E-state index contributed by atoms with van der Waals surface area (Å²) in [5.74, 6) is -1.24. The molecule has 1 N–H and O–H groups in total. The zero-order valence-corrected chi connectivity index (χ0v) is 27.3. The zero-order valence-electron chi connectivity index (χ0n) is 26.3. The van der Waals surface area contributed by atoms with Gasteiger partial charge in [-0.25, -0.2) is 4.39 Å². The average molecular weight is 608 g/mol. The Labute approximate surface area is 248 Å². The van der Waals surface area contributed by atoms with Crippen molar-refractivity contribution >= 4 is 13.9 Å². The Balaban J connectivity index is 2.04. The van der Waals surface area contributed by atoms with Gasteiger partial charge in [0.1, 0.15) is 11.9 Å². The topological polar surface area (TPSA) is 51.6 Å². The van der Waals surface area contributed by atoms with Gasteiger partial charge in [-0.05, 0) is 72.0 Å². The third-order valence-corrected chi connectivity index (χ3v) is 13.5. The standard InChI is InChI=1S/C33H45F4NO3Si/c1-19(2)29-28(30(39)22-11-10-21(16-23(22)34)33(35,36)37)26(20-12-14-40-15-13-20)27-24(38-29)17-32(6,7)18-25(27)41-42(8,9)31(3,4)5/h10-12,16,19,25,30,39H,13-15,17-18H2,1-9H3/t25-,30?/m0/s1. The lowest BCUT2D eigenvalue weighted by Crippen LogP contribution is -2.44. The second-order valence-electron chi connectivity index (χ2n) is 14.4. The van der Waals surface area contributed by atoms with E-state index in [-0.39, 0.29) is 28.0 Å². The fraction of sp³-hybridized carbons (Fsp3) is 0.606. The molecule has 1 aliphatic carbocycles. The minimum atomic E-state index is -4.69. The van der Waals surface area contributed by atoms with Crippen LogP contribution in [0.1, 0.15) is 119 Å². The molecule has 4 nitrogen and oxygen atoms in total. The highest BCUT2D eigenvalue weighted by Crippen LogP contribution is 2.52. The molecule has 0 saturated carbocycles. The Hall–Kier alpha value is -2.07. The molecule has 0 fully saturated rings. The van der Waals surface area contributed by atoms with Crippen molar-refractivity contribution in [3.05, 3.63) is 69.3 Å². The Bertz CT molecular complexity index is 1360. The van der Waals surface area contributed by atoms with Crippen LogP contribution in [-0.2, 0) is 21.8 Å². The predicted octanol–water partition coefficient (Wildman–Crippen LogP) is 9.28. The second-order valence-corrected chi connectivity index (χ2v) is 19.2. The van der Waals surface area contributed by atoms with E-state index in [1.54, 1.807) is 0 Å². The molecule has 42 heavy (non-hydrogen) atoms. The molecular weight excluding hydrogens is 562 g/mol. The summed E-state index contributed by atoms with van der Waals surface area (Å²) >= 11 is 0. The van der Waals surface area contributed by atoms with E-state index < -0.39 is 32.0 Å². The third-order valence-electron chi connectivity index (χ3n) is 9.06. The van der Waals surface area contributed by atoms with Crippen LogP contribution in [0.4, 0.5) is 17.6 Å². The SMILES string of the molecule is CC(C)c1nc2c(c(C3=CCOCC3)c1C(O)c1ccc(C(F)(F)F)cc1F)[C@@H](O[Si](C)(C)C(C)(C)C)CC(C)(C)C2. The van der Waals surface area contributed by atoms with Crippen molar-refractivity contribution in [3.8, 4) is 0 Å². The fourth-order valence-electron chi connectivity index (χ4n) is 5.82. The van der Waals surface area contributed by atoms with Crippen LogP contribution in [-0.4, -0.2) is 31.6 Å². The number of aliphatic hydroxyl groups excluding tert-OH is 1. The van der Waals surface area contributed by atoms with Crippen molar-refractivity contribution in [2.24, 2.45) is 5.41 Å². The van der Waals surface area contributed by atoms with Crippen LogP contribution < -0.4 is 0 Å². The number of rotatable bonds is 6. The number of ether oxygens (including phenoxy) is 1. The third kappa shape index (κ3) is 6.54. The lowest BCUT2D eigenvalue weighted by molar-refractivity contribution is -0.137. The van der Waals surface area contributed by atoms with E-state index in [2.05, 4.69) is 47.7 Å². The average Bonchev–Trinajstić information content (AvgIpc) is 2.85. The van der Waals surface area contributed by atoms with Gasteiger partial charge < -0.3 is 14.3 Å². The minimum absolute atomic E-state index is 0.0517. The lowest BCUT2D eigenvalue weighted by Gasteiger charge is -2.45. The summed E-state index contributed by atoms with van der Waals surface area (Å²) in [6.07, 6.45) is -2.49. The van der Waals surface area contributed by atoms with E-state index >= 15 is 4.39 Å². The highest BCUT2D eigenvalue weighted by atomic mass is 28.4. The normalized spacial score (nSPS) is 20.4. The van der Waals surface area contributed by atoms with Gasteiger partial charge in [0.2, 0.25) is 0 Å². The minimum Gasteiger partial charge on any atom is -0.410 e. The molecule has 0 amide bonds. The molecule has 2 heterocycles. The fourth-order valence-corrected chi connectivity index (χ4v) is 7.09. The molecular formula is C33H45F4NO3Si. The largest absolute Gasteiger partial charge is 0.416 e. The van der Waals surface area contributed by atoms with Gasteiger partial charge in [-0.1, -0.05) is 60.6 Å². The van der Waals surface area contributed by atoms with Crippen LogP contribution >= 0.6 is 0 Å². The summed E-state index contributed by atoms with van der Waals surface area (Å²) in [7, 11) is -2.27. The quantitative estimate of drug-likeness (QED) is 0.263. The molecule has 2 aliphatic rings. The van der Waals surface area contributed by atoms with Crippen molar-refractivity contribution in [2.45, 2.75) is 110 Å². The predicted molar refractivity (Wildman–Crippen MR) is 160 cm³/mol. The Morgan fingerprint density at radius 2 is 1.81 bits per heavy atom. The molecule has 1 unspecified atom stereocenters. The molecule has 0 spiro atoms. The molecule has 1 aliphatic heterocycles. The van der Waals surface area contributed by atoms with Gasteiger partial charge in [0.15, 0.2) is 8.32 Å². The van der Waals surface area contributed by atoms with Crippen LogP contribution in [0, 0.1) is 11.2 Å². The maximum absolute atomic E-state index is 15.4. The first-order valence-electron chi connectivity index (χ1n) is 14.8. The van der Waals surface area contributed by atoms with Crippen LogP contribution in [0.25, 0.3) is 5.57 Å². The van der Waals surface area contributed by atoms with E-state index in [0.717, 1.165) is 40.9 Å². The van der Waals surface area contributed by atoms with Crippen molar-refractivity contribution in [1.29, 1.82) is 0 Å². The van der Waals surface area contributed by atoms with Crippen LogP contribution in [0.3, 0.4) is 0 Å². The number of alkyl halides is 3. The number of nitrogens with zero attached hydrogens (tertiary/aromatic N) is 1. The Morgan fingerprint density at radius 1 is 1.14 bits per heavy atom. The number of aliphatic hydroxyl groups is 1. The molecule has 0 bridgehead atoms. The highest BCUT2D eigenvalue weighted by Gasteiger charge is 2.45. The maximum atomic E-state index is 15.4. The van der Waals surface area contributed by atoms with Gasteiger partial charge in [-0.3, -0.25) is 4.98 Å². The number of aromatic nitrogens is 1. The van der Waals surface area contributed by atoms with Crippen LogP contribution in [0.15, 0.2) is 24.3 Å². The summed E-state index contributed by atoms with van der Waals surface area (Å²) in [5, 5.41) is 11.9. The molecule has 232 valence electrons. The first-order chi connectivity index (χ1) is 19.2. The van der Waals surface area contributed by atoms with Crippen LogP contribution in [0.5, 0.6) is 0 Å². The summed E-state index contributed by atoms with van der Waals surface area (Å²) in [5.41, 5.74) is 3.24. The van der Waals surface area contributed by atoms with Crippen molar-refractivity contribution in [1.82, 2.24) is 4.98 Å². The van der Waals surface area contributed by atoms with E-state index in [0.29, 0.717) is 43.4 Å². The van der Waals surface area contributed by atoms with Gasteiger partial charge >= 0.3 is 6.18 Å². The Morgan fingerprint density at radius 3 is 2.33 bits per heavy atom. The monoisotopic (exact) mass is 607 g/mol. The Kier molecular flexibility index (Phi) is 8.95. The second kappa shape index (κ2) is 11.5. The molecule has 1 aromatic carbocycles. The summed E-state index contributed by atoms with van der Waals surface area (Å²) in [6.45, 7) is 20.2. The summed E-state index contributed by atoms with van der Waals surface area (Å²) < 4.78 is 68.1. The molecule has 4 rings (SSSR count). The van der Waals surface area contributed by atoms with Gasteiger partial charge in [0.25, 0.3) is 0 Å². The van der Waals surface area contributed by atoms with E-state index in [1.165, 1.54) is 0 Å². The first kappa shape index (κ1) is 32.8. The summed E-state index contributed by atoms with van der Waals surface area (Å²) in [6, 6.07) is 2.32. The van der Waals surface area contributed by atoms with E-state index in [4.69, 9.17) is 14.1 Å². The van der Waals surface area contributed by atoms with Crippen molar-refractivity contribution < 1.29 is 31.8 Å². The zero-order chi connectivity index (χ0) is 31.4. The molecule has 2 atom stereocenters. The number of hydrogen-bond acceptors (Lipinski definition) is 4. The smallest absolute Gasteiger partial charge is 0.410 e. The summed E-state index contributed by atoms with van der Waals surface area (Å²) in [4.78, 5) is 5.15. The van der Waals surface area contributed by atoms with Gasteiger partial charge in [0.05, 0.1) is 24.9 Å².